The zero-order chi connectivity index (χ0) is 14.9. The summed E-state index contributed by atoms with van der Waals surface area (Å²) in [6, 6.07) is 8.83. The van der Waals surface area contributed by atoms with E-state index in [2.05, 4.69) is 48.3 Å². The molecule has 1 fully saturated rings. The fourth-order valence-electron chi connectivity index (χ4n) is 2.45. The lowest BCUT2D eigenvalue weighted by Gasteiger charge is -2.26. The Morgan fingerprint density at radius 1 is 1.24 bits per heavy atom. The highest BCUT2D eigenvalue weighted by Gasteiger charge is 2.10. The lowest BCUT2D eigenvalue weighted by Crippen LogP contribution is -2.38. The predicted octanol–water partition coefficient (Wildman–Crippen LogP) is 2.46. The van der Waals surface area contributed by atoms with Gasteiger partial charge in [0.1, 0.15) is 12.4 Å². The third-order valence-corrected chi connectivity index (χ3v) is 3.86. The smallest absolute Gasteiger partial charge is 0.119 e. The number of nitrogens with zero attached hydrogens (tertiary/aromatic N) is 1. The van der Waals surface area contributed by atoms with E-state index in [1.807, 2.05) is 0 Å². The summed E-state index contributed by atoms with van der Waals surface area (Å²) in [5.74, 6) is 0.953. The minimum Gasteiger partial charge on any atom is -0.492 e. The standard InChI is InChI=1S/C17H28N2O2/c1-3-8-18-15(2)16-4-6-17(7-5-16)21-14-11-19-9-12-20-13-10-19/h4-7,15,18H,3,8-14H2,1-2H3. The molecule has 0 amide bonds. The molecule has 1 aromatic rings. The van der Waals surface area contributed by atoms with Gasteiger partial charge in [-0.2, -0.15) is 0 Å². The van der Waals surface area contributed by atoms with Gasteiger partial charge in [0.15, 0.2) is 0 Å². The molecule has 1 aromatic carbocycles. The van der Waals surface area contributed by atoms with E-state index >= 15 is 0 Å². The molecule has 0 saturated carbocycles. The zero-order valence-electron chi connectivity index (χ0n) is 13.3. The number of morpholine rings is 1. The van der Waals surface area contributed by atoms with Gasteiger partial charge in [-0.05, 0) is 37.6 Å². The Kier molecular flexibility index (Phi) is 7.00. The van der Waals surface area contributed by atoms with Crippen molar-refractivity contribution in [3.05, 3.63) is 29.8 Å². The minimum atomic E-state index is 0.396. The van der Waals surface area contributed by atoms with Crippen LogP contribution in [0.1, 0.15) is 31.9 Å². The highest BCUT2D eigenvalue weighted by atomic mass is 16.5. The molecule has 0 bridgehead atoms. The molecule has 1 aliphatic rings. The van der Waals surface area contributed by atoms with Crippen LogP contribution in [-0.2, 0) is 4.74 Å². The van der Waals surface area contributed by atoms with Gasteiger partial charge in [-0.1, -0.05) is 19.1 Å². The highest BCUT2D eigenvalue weighted by Crippen LogP contribution is 2.17. The fourth-order valence-corrected chi connectivity index (χ4v) is 2.45. The largest absolute Gasteiger partial charge is 0.492 e. The predicted molar refractivity (Wildman–Crippen MR) is 85.9 cm³/mol. The Bertz CT molecular complexity index is 388. The molecule has 1 aliphatic heterocycles. The van der Waals surface area contributed by atoms with Crippen LogP contribution in [0.4, 0.5) is 0 Å². The molecule has 2 rings (SSSR count). The van der Waals surface area contributed by atoms with Crippen molar-refractivity contribution in [2.75, 3.05) is 46.0 Å². The molecule has 1 saturated heterocycles. The summed E-state index contributed by atoms with van der Waals surface area (Å²) in [6.45, 7) is 10.9. The Morgan fingerprint density at radius 3 is 2.62 bits per heavy atom. The van der Waals surface area contributed by atoms with Gasteiger partial charge >= 0.3 is 0 Å². The summed E-state index contributed by atoms with van der Waals surface area (Å²) in [4.78, 5) is 2.38. The van der Waals surface area contributed by atoms with E-state index in [9.17, 15) is 0 Å². The molecule has 118 valence electrons. The highest BCUT2D eigenvalue weighted by molar-refractivity contribution is 5.28. The second kappa shape index (κ2) is 9.03. The molecule has 1 N–H and O–H groups in total. The molecule has 1 atom stereocenters. The average molecular weight is 292 g/mol. The molecule has 21 heavy (non-hydrogen) atoms. The van der Waals surface area contributed by atoms with Crippen molar-refractivity contribution >= 4 is 0 Å². The number of nitrogens with one attached hydrogen (secondary N) is 1. The normalized spacial score (nSPS) is 17.6. The van der Waals surface area contributed by atoms with E-state index in [1.54, 1.807) is 0 Å². The van der Waals surface area contributed by atoms with E-state index < -0.39 is 0 Å². The maximum absolute atomic E-state index is 5.82. The van der Waals surface area contributed by atoms with Gasteiger partial charge in [0, 0.05) is 25.7 Å². The summed E-state index contributed by atoms with van der Waals surface area (Å²) in [7, 11) is 0. The van der Waals surface area contributed by atoms with E-state index in [-0.39, 0.29) is 0 Å². The van der Waals surface area contributed by atoms with Crippen LogP contribution >= 0.6 is 0 Å². The first-order valence-electron chi connectivity index (χ1n) is 8.06. The Morgan fingerprint density at radius 2 is 1.95 bits per heavy atom. The van der Waals surface area contributed by atoms with Crippen molar-refractivity contribution in [1.82, 2.24) is 10.2 Å². The molecule has 1 heterocycles. The van der Waals surface area contributed by atoms with Crippen LogP contribution < -0.4 is 10.1 Å². The Balaban J connectivity index is 1.71. The van der Waals surface area contributed by atoms with Crippen LogP contribution in [0.5, 0.6) is 5.75 Å². The van der Waals surface area contributed by atoms with Crippen LogP contribution in [0.25, 0.3) is 0 Å². The quantitative estimate of drug-likeness (QED) is 0.798. The summed E-state index contributed by atoms with van der Waals surface area (Å²) >= 11 is 0. The van der Waals surface area contributed by atoms with Crippen molar-refractivity contribution in [1.29, 1.82) is 0 Å². The van der Waals surface area contributed by atoms with Crippen LogP contribution in [-0.4, -0.2) is 50.9 Å². The number of ether oxygens (including phenoxy) is 2. The van der Waals surface area contributed by atoms with E-state index in [0.29, 0.717) is 6.04 Å². The second-order valence-corrected chi connectivity index (χ2v) is 5.55. The monoisotopic (exact) mass is 292 g/mol. The zero-order valence-corrected chi connectivity index (χ0v) is 13.3. The molecule has 4 heteroatoms. The molecular formula is C17H28N2O2. The van der Waals surface area contributed by atoms with Crippen LogP contribution in [0, 0.1) is 0 Å². The molecule has 0 radical (unpaired) electrons. The summed E-state index contributed by atoms with van der Waals surface area (Å²) in [5.41, 5.74) is 1.31. The number of hydrogen-bond donors (Lipinski definition) is 1. The van der Waals surface area contributed by atoms with Crippen molar-refractivity contribution < 1.29 is 9.47 Å². The van der Waals surface area contributed by atoms with Crippen LogP contribution in [0.15, 0.2) is 24.3 Å². The number of benzene rings is 1. The van der Waals surface area contributed by atoms with Crippen molar-refractivity contribution in [2.24, 2.45) is 0 Å². The first-order valence-corrected chi connectivity index (χ1v) is 8.06. The first-order chi connectivity index (χ1) is 10.3. The fraction of sp³-hybridized carbons (Fsp3) is 0.647. The van der Waals surface area contributed by atoms with Gasteiger partial charge in [-0.15, -0.1) is 0 Å². The van der Waals surface area contributed by atoms with Gasteiger partial charge < -0.3 is 14.8 Å². The van der Waals surface area contributed by atoms with Crippen molar-refractivity contribution in [2.45, 2.75) is 26.3 Å². The van der Waals surface area contributed by atoms with E-state index in [0.717, 1.165) is 58.2 Å². The maximum atomic E-state index is 5.82. The van der Waals surface area contributed by atoms with Gasteiger partial charge in [0.05, 0.1) is 13.2 Å². The van der Waals surface area contributed by atoms with E-state index in [4.69, 9.17) is 9.47 Å². The summed E-state index contributed by atoms with van der Waals surface area (Å²) in [5, 5.41) is 3.49. The molecule has 0 spiro atoms. The second-order valence-electron chi connectivity index (χ2n) is 5.55. The number of rotatable bonds is 8. The topological polar surface area (TPSA) is 33.7 Å². The van der Waals surface area contributed by atoms with Gasteiger partial charge in [0.2, 0.25) is 0 Å². The maximum Gasteiger partial charge on any atom is 0.119 e. The average Bonchev–Trinajstić information content (AvgIpc) is 2.54. The lowest BCUT2D eigenvalue weighted by atomic mass is 10.1. The lowest BCUT2D eigenvalue weighted by molar-refractivity contribution is 0.0322. The number of hydrogen-bond acceptors (Lipinski definition) is 4. The van der Waals surface area contributed by atoms with Crippen molar-refractivity contribution in [3.63, 3.8) is 0 Å². The third-order valence-electron chi connectivity index (χ3n) is 3.86. The minimum absolute atomic E-state index is 0.396. The van der Waals surface area contributed by atoms with Gasteiger partial charge in [0.25, 0.3) is 0 Å². The van der Waals surface area contributed by atoms with Crippen LogP contribution in [0.2, 0.25) is 0 Å². The molecular weight excluding hydrogens is 264 g/mol. The molecule has 4 nitrogen and oxygen atoms in total. The van der Waals surface area contributed by atoms with Gasteiger partial charge in [-0.3, -0.25) is 4.90 Å². The molecule has 0 aliphatic carbocycles. The van der Waals surface area contributed by atoms with E-state index in [1.165, 1.54) is 5.56 Å². The molecule has 0 aromatic heterocycles. The first kappa shape index (κ1) is 16.3. The summed E-state index contributed by atoms with van der Waals surface area (Å²) < 4.78 is 11.2. The summed E-state index contributed by atoms with van der Waals surface area (Å²) in [6.07, 6.45) is 1.16. The SMILES string of the molecule is CCCNC(C)c1ccc(OCCN2CCOCC2)cc1. The third kappa shape index (κ3) is 5.65. The van der Waals surface area contributed by atoms with Gasteiger partial charge in [-0.25, -0.2) is 0 Å². The Labute approximate surface area is 128 Å². The van der Waals surface area contributed by atoms with Crippen LogP contribution in [0.3, 0.4) is 0 Å². The van der Waals surface area contributed by atoms with Crippen molar-refractivity contribution in [3.8, 4) is 5.75 Å². The molecule has 1 unspecified atom stereocenters. The Hall–Kier alpha value is -1.10.